The predicted molar refractivity (Wildman–Crippen MR) is 116 cm³/mol. The first-order chi connectivity index (χ1) is 14.4. The predicted octanol–water partition coefficient (Wildman–Crippen LogP) is 2.55. The SMILES string of the molecule is COc1cc(CNC(=O)CN(C)CC(=O)Nc2ccccc2Cl)cc(OC)c1OC. The van der Waals surface area contributed by atoms with Crippen LogP contribution in [0.15, 0.2) is 36.4 Å². The first-order valence-corrected chi connectivity index (χ1v) is 9.54. The van der Waals surface area contributed by atoms with Gasteiger partial charge in [0.15, 0.2) is 11.5 Å². The van der Waals surface area contributed by atoms with E-state index in [-0.39, 0.29) is 31.4 Å². The van der Waals surface area contributed by atoms with Crippen molar-refractivity contribution in [3.05, 3.63) is 47.0 Å². The van der Waals surface area contributed by atoms with E-state index in [1.54, 1.807) is 48.3 Å². The molecule has 0 fully saturated rings. The quantitative estimate of drug-likeness (QED) is 0.596. The number of methoxy groups -OCH3 is 3. The van der Waals surface area contributed by atoms with E-state index in [2.05, 4.69) is 10.6 Å². The minimum atomic E-state index is -0.261. The molecule has 0 unspecified atom stereocenters. The number of hydrogen-bond donors (Lipinski definition) is 2. The second-order valence-corrected chi connectivity index (χ2v) is 6.92. The van der Waals surface area contributed by atoms with E-state index in [1.165, 1.54) is 21.3 Å². The normalized spacial score (nSPS) is 10.5. The van der Waals surface area contributed by atoms with E-state index in [0.29, 0.717) is 28.0 Å². The average molecular weight is 436 g/mol. The fraction of sp³-hybridized carbons (Fsp3) is 0.333. The van der Waals surface area contributed by atoms with E-state index >= 15 is 0 Å². The Labute approximate surface area is 181 Å². The molecule has 8 nitrogen and oxygen atoms in total. The smallest absolute Gasteiger partial charge is 0.238 e. The molecule has 0 bridgehead atoms. The summed E-state index contributed by atoms with van der Waals surface area (Å²) >= 11 is 6.03. The van der Waals surface area contributed by atoms with Crippen molar-refractivity contribution >= 4 is 29.1 Å². The zero-order valence-electron chi connectivity index (χ0n) is 17.5. The number of nitrogens with one attached hydrogen (secondary N) is 2. The van der Waals surface area contributed by atoms with E-state index in [9.17, 15) is 9.59 Å². The summed E-state index contributed by atoms with van der Waals surface area (Å²) in [5.41, 5.74) is 1.32. The summed E-state index contributed by atoms with van der Waals surface area (Å²) in [6.45, 7) is 0.373. The standard InChI is InChI=1S/C21H26ClN3O5/c1-25(13-20(27)24-16-8-6-5-7-15(16)22)12-19(26)23-11-14-9-17(28-2)21(30-4)18(10-14)29-3/h5-10H,11-13H2,1-4H3,(H,23,26)(H,24,27). The molecule has 162 valence electrons. The highest BCUT2D eigenvalue weighted by Gasteiger charge is 2.15. The monoisotopic (exact) mass is 435 g/mol. The number of para-hydroxylation sites is 1. The van der Waals surface area contributed by atoms with Crippen molar-refractivity contribution in [2.24, 2.45) is 0 Å². The van der Waals surface area contributed by atoms with Crippen molar-refractivity contribution in [2.45, 2.75) is 6.54 Å². The van der Waals surface area contributed by atoms with E-state index in [0.717, 1.165) is 5.56 Å². The molecular weight excluding hydrogens is 410 g/mol. The first kappa shape index (κ1) is 23.3. The van der Waals surface area contributed by atoms with Crippen LogP contribution in [0.2, 0.25) is 5.02 Å². The number of halogens is 1. The summed E-state index contributed by atoms with van der Waals surface area (Å²) in [6, 6.07) is 10.5. The van der Waals surface area contributed by atoms with Crippen molar-refractivity contribution in [2.75, 3.05) is 46.8 Å². The van der Waals surface area contributed by atoms with Crippen LogP contribution in [0.5, 0.6) is 17.2 Å². The molecule has 0 saturated heterocycles. The van der Waals surface area contributed by atoms with Crippen LogP contribution < -0.4 is 24.8 Å². The van der Waals surface area contributed by atoms with Gasteiger partial charge in [-0.05, 0) is 36.9 Å². The van der Waals surface area contributed by atoms with Crippen LogP contribution in [-0.4, -0.2) is 58.2 Å². The number of likely N-dealkylation sites (N-methyl/N-ethyl adjacent to an activating group) is 1. The lowest BCUT2D eigenvalue weighted by Gasteiger charge is -2.17. The Morgan fingerprint density at radius 3 is 2.13 bits per heavy atom. The molecule has 2 aromatic carbocycles. The molecule has 30 heavy (non-hydrogen) atoms. The average Bonchev–Trinajstić information content (AvgIpc) is 2.72. The van der Waals surface area contributed by atoms with Gasteiger partial charge < -0.3 is 24.8 Å². The molecule has 0 aliphatic rings. The van der Waals surface area contributed by atoms with Crippen LogP contribution in [0.3, 0.4) is 0 Å². The Kier molecular flexibility index (Phi) is 8.76. The molecule has 2 rings (SSSR count). The molecule has 0 radical (unpaired) electrons. The maximum absolute atomic E-state index is 12.3. The molecule has 0 aromatic heterocycles. The van der Waals surface area contributed by atoms with Crippen molar-refractivity contribution < 1.29 is 23.8 Å². The van der Waals surface area contributed by atoms with Crippen LogP contribution in [0.25, 0.3) is 0 Å². The van der Waals surface area contributed by atoms with Gasteiger partial charge >= 0.3 is 0 Å². The van der Waals surface area contributed by atoms with Crippen LogP contribution >= 0.6 is 11.6 Å². The fourth-order valence-corrected chi connectivity index (χ4v) is 2.98. The van der Waals surface area contributed by atoms with Crippen molar-refractivity contribution in [3.63, 3.8) is 0 Å². The van der Waals surface area contributed by atoms with Crippen molar-refractivity contribution in [1.29, 1.82) is 0 Å². The highest BCUT2D eigenvalue weighted by atomic mass is 35.5. The molecule has 9 heteroatoms. The summed E-state index contributed by atoms with van der Waals surface area (Å²) in [7, 11) is 6.27. The Morgan fingerprint density at radius 2 is 1.57 bits per heavy atom. The van der Waals surface area contributed by atoms with Crippen molar-refractivity contribution in [1.82, 2.24) is 10.2 Å². The van der Waals surface area contributed by atoms with Gasteiger partial charge in [0, 0.05) is 6.54 Å². The molecule has 0 heterocycles. The lowest BCUT2D eigenvalue weighted by molar-refractivity contribution is -0.123. The number of rotatable bonds is 10. The van der Waals surface area contributed by atoms with Crippen LogP contribution in [0, 0.1) is 0 Å². The number of benzene rings is 2. The molecule has 0 spiro atoms. The third-order valence-corrected chi connectivity index (χ3v) is 4.52. The number of nitrogens with zero attached hydrogens (tertiary/aromatic N) is 1. The van der Waals surface area contributed by atoms with Crippen LogP contribution in [-0.2, 0) is 16.1 Å². The van der Waals surface area contributed by atoms with Gasteiger partial charge in [-0.15, -0.1) is 0 Å². The van der Waals surface area contributed by atoms with Crippen LogP contribution in [0.1, 0.15) is 5.56 Å². The number of hydrogen-bond acceptors (Lipinski definition) is 6. The third kappa shape index (κ3) is 6.53. The van der Waals surface area contributed by atoms with Gasteiger partial charge in [-0.25, -0.2) is 0 Å². The maximum atomic E-state index is 12.3. The van der Waals surface area contributed by atoms with Gasteiger partial charge in [-0.1, -0.05) is 23.7 Å². The lowest BCUT2D eigenvalue weighted by Crippen LogP contribution is -2.38. The van der Waals surface area contributed by atoms with Gasteiger partial charge in [0.1, 0.15) is 0 Å². The van der Waals surface area contributed by atoms with Gasteiger partial charge in [-0.3, -0.25) is 14.5 Å². The Hall–Kier alpha value is -2.97. The molecule has 2 aromatic rings. The van der Waals surface area contributed by atoms with Gasteiger partial charge in [0.05, 0.1) is 45.1 Å². The highest BCUT2D eigenvalue weighted by Crippen LogP contribution is 2.38. The summed E-state index contributed by atoms with van der Waals surface area (Å²) in [5.74, 6) is 1.02. The molecule has 0 aliphatic heterocycles. The summed E-state index contributed by atoms with van der Waals surface area (Å²) < 4.78 is 15.9. The molecule has 2 amide bonds. The zero-order valence-corrected chi connectivity index (χ0v) is 18.2. The Morgan fingerprint density at radius 1 is 0.967 bits per heavy atom. The molecular formula is C21H26ClN3O5. The molecule has 0 saturated carbocycles. The van der Waals surface area contributed by atoms with Gasteiger partial charge in [0.25, 0.3) is 0 Å². The number of amides is 2. The minimum Gasteiger partial charge on any atom is -0.493 e. The largest absolute Gasteiger partial charge is 0.493 e. The molecule has 0 aliphatic carbocycles. The third-order valence-electron chi connectivity index (χ3n) is 4.19. The highest BCUT2D eigenvalue weighted by molar-refractivity contribution is 6.33. The Balaban J connectivity index is 1.87. The van der Waals surface area contributed by atoms with E-state index < -0.39 is 0 Å². The number of anilines is 1. The number of carbonyl (C=O) groups is 2. The summed E-state index contributed by atoms with van der Waals surface area (Å²) in [5, 5.41) is 6.00. The maximum Gasteiger partial charge on any atom is 0.238 e. The zero-order chi connectivity index (χ0) is 22.1. The van der Waals surface area contributed by atoms with E-state index in [4.69, 9.17) is 25.8 Å². The fourth-order valence-electron chi connectivity index (χ4n) is 2.79. The summed E-state index contributed by atoms with van der Waals surface area (Å²) in [4.78, 5) is 26.0. The molecule has 2 N–H and O–H groups in total. The van der Waals surface area contributed by atoms with Crippen LogP contribution in [0.4, 0.5) is 5.69 Å². The Bertz CT molecular complexity index is 866. The first-order valence-electron chi connectivity index (χ1n) is 9.16. The second-order valence-electron chi connectivity index (χ2n) is 6.51. The number of carbonyl (C=O) groups excluding carboxylic acids is 2. The van der Waals surface area contributed by atoms with Gasteiger partial charge in [-0.2, -0.15) is 0 Å². The minimum absolute atomic E-state index is 0.0445. The van der Waals surface area contributed by atoms with E-state index in [1.807, 2.05) is 0 Å². The van der Waals surface area contributed by atoms with Gasteiger partial charge in [0.2, 0.25) is 17.6 Å². The summed E-state index contributed by atoms with van der Waals surface area (Å²) in [6.07, 6.45) is 0. The molecule has 0 atom stereocenters. The number of ether oxygens (including phenoxy) is 3. The lowest BCUT2D eigenvalue weighted by atomic mass is 10.1. The second kappa shape index (κ2) is 11.3. The van der Waals surface area contributed by atoms with Crippen molar-refractivity contribution in [3.8, 4) is 17.2 Å². The topological polar surface area (TPSA) is 89.1 Å².